The molecule has 0 radical (unpaired) electrons. The molecule has 0 atom stereocenters. The number of hydrogen-bond acceptors (Lipinski definition) is 4. The lowest BCUT2D eigenvalue weighted by Crippen LogP contribution is -2.17. The molecular formula is C11H17N3O2. The molecule has 5 nitrogen and oxygen atoms in total. The maximum absolute atomic E-state index is 10.9. The summed E-state index contributed by atoms with van der Waals surface area (Å²) in [5, 5.41) is 12.0. The summed E-state index contributed by atoms with van der Waals surface area (Å²) in [4.78, 5) is 16.9. The van der Waals surface area contributed by atoms with Crippen molar-refractivity contribution in [2.45, 2.75) is 6.42 Å². The second kappa shape index (κ2) is 6.07. The molecule has 0 aliphatic heterocycles. The first-order chi connectivity index (χ1) is 7.61. The van der Waals surface area contributed by atoms with E-state index in [-0.39, 0.29) is 5.56 Å². The van der Waals surface area contributed by atoms with Crippen LogP contribution >= 0.6 is 0 Å². The molecule has 0 unspecified atom stereocenters. The van der Waals surface area contributed by atoms with Crippen LogP contribution in [-0.2, 0) is 0 Å². The summed E-state index contributed by atoms with van der Waals surface area (Å²) in [5.41, 5.74) is 0.841. The minimum absolute atomic E-state index is 0.264. The number of anilines is 1. The third-order valence-electron chi connectivity index (χ3n) is 2.15. The monoisotopic (exact) mass is 223 g/mol. The zero-order chi connectivity index (χ0) is 12.0. The van der Waals surface area contributed by atoms with E-state index in [1.165, 1.54) is 12.3 Å². The van der Waals surface area contributed by atoms with Gasteiger partial charge in [-0.15, -0.1) is 0 Å². The van der Waals surface area contributed by atoms with Gasteiger partial charge in [-0.1, -0.05) is 0 Å². The van der Waals surface area contributed by atoms with E-state index < -0.39 is 5.97 Å². The molecule has 0 aliphatic rings. The summed E-state index contributed by atoms with van der Waals surface area (Å²) in [6.45, 7) is 1.71. The van der Waals surface area contributed by atoms with Crippen LogP contribution in [0, 0.1) is 0 Å². The minimum atomic E-state index is -0.933. The van der Waals surface area contributed by atoms with Crippen LogP contribution in [0.2, 0.25) is 0 Å². The first kappa shape index (κ1) is 12.4. The van der Waals surface area contributed by atoms with Gasteiger partial charge in [0.05, 0.1) is 17.4 Å². The van der Waals surface area contributed by atoms with Crippen LogP contribution in [-0.4, -0.2) is 48.1 Å². The molecule has 2 N–H and O–H groups in total. The first-order valence-electron chi connectivity index (χ1n) is 5.17. The molecule has 1 aromatic rings. The number of aromatic nitrogens is 1. The van der Waals surface area contributed by atoms with Crippen molar-refractivity contribution >= 4 is 11.7 Å². The fourth-order valence-electron chi connectivity index (χ4n) is 1.34. The lowest BCUT2D eigenvalue weighted by molar-refractivity contribution is 0.0698. The zero-order valence-electron chi connectivity index (χ0n) is 9.60. The summed E-state index contributed by atoms with van der Waals surface area (Å²) in [7, 11) is 4.01. The molecule has 16 heavy (non-hydrogen) atoms. The quantitative estimate of drug-likeness (QED) is 0.708. The second-order valence-corrected chi connectivity index (χ2v) is 3.81. The molecule has 88 valence electrons. The molecular weight excluding hydrogens is 206 g/mol. The molecule has 0 saturated carbocycles. The van der Waals surface area contributed by atoms with Gasteiger partial charge < -0.3 is 15.3 Å². The van der Waals surface area contributed by atoms with Crippen molar-refractivity contribution in [2.75, 3.05) is 32.5 Å². The lowest BCUT2D eigenvalue weighted by Gasteiger charge is -2.11. The van der Waals surface area contributed by atoms with Gasteiger partial charge >= 0.3 is 5.97 Å². The highest BCUT2D eigenvalue weighted by Crippen LogP contribution is 2.12. The van der Waals surface area contributed by atoms with Crippen LogP contribution in [0.4, 0.5) is 5.69 Å². The largest absolute Gasteiger partial charge is 0.478 e. The number of carboxylic acids is 1. The Morgan fingerprint density at radius 1 is 1.56 bits per heavy atom. The smallest absolute Gasteiger partial charge is 0.337 e. The number of nitrogens with zero attached hydrogens (tertiary/aromatic N) is 2. The molecule has 1 heterocycles. The Hall–Kier alpha value is -1.62. The average molecular weight is 223 g/mol. The van der Waals surface area contributed by atoms with Crippen molar-refractivity contribution in [1.29, 1.82) is 0 Å². The molecule has 0 aliphatic carbocycles. The fraction of sp³-hybridized carbons (Fsp3) is 0.455. The highest BCUT2D eigenvalue weighted by Gasteiger charge is 2.08. The van der Waals surface area contributed by atoms with Crippen LogP contribution in [0.1, 0.15) is 16.8 Å². The van der Waals surface area contributed by atoms with Crippen LogP contribution < -0.4 is 5.32 Å². The van der Waals surface area contributed by atoms with Crippen LogP contribution in [0.5, 0.6) is 0 Å². The van der Waals surface area contributed by atoms with Crippen molar-refractivity contribution in [1.82, 2.24) is 9.88 Å². The molecule has 5 heteroatoms. The topological polar surface area (TPSA) is 65.5 Å². The molecule has 0 spiro atoms. The highest BCUT2D eigenvalue weighted by molar-refractivity contribution is 5.93. The Balaban J connectivity index is 2.50. The van der Waals surface area contributed by atoms with E-state index in [2.05, 4.69) is 15.2 Å². The molecule has 0 fully saturated rings. The van der Waals surface area contributed by atoms with Crippen molar-refractivity contribution in [3.8, 4) is 0 Å². The van der Waals surface area contributed by atoms with Gasteiger partial charge in [-0.05, 0) is 33.1 Å². The normalized spacial score (nSPS) is 10.4. The van der Waals surface area contributed by atoms with Crippen LogP contribution in [0.3, 0.4) is 0 Å². The van der Waals surface area contributed by atoms with E-state index in [0.29, 0.717) is 5.69 Å². The van der Waals surface area contributed by atoms with Crippen molar-refractivity contribution < 1.29 is 9.90 Å². The van der Waals surface area contributed by atoms with Crippen LogP contribution in [0.15, 0.2) is 18.5 Å². The Morgan fingerprint density at radius 2 is 2.31 bits per heavy atom. The molecule has 0 amide bonds. The van der Waals surface area contributed by atoms with Gasteiger partial charge in [0.25, 0.3) is 0 Å². The number of aromatic carboxylic acids is 1. The fourth-order valence-corrected chi connectivity index (χ4v) is 1.34. The number of pyridine rings is 1. The number of rotatable bonds is 6. The third-order valence-corrected chi connectivity index (χ3v) is 2.15. The molecule has 1 aromatic heterocycles. The summed E-state index contributed by atoms with van der Waals surface area (Å²) in [5.74, 6) is -0.933. The summed E-state index contributed by atoms with van der Waals surface area (Å²) < 4.78 is 0. The van der Waals surface area contributed by atoms with E-state index in [4.69, 9.17) is 5.11 Å². The predicted octanol–water partition coefficient (Wildman–Crippen LogP) is 1.14. The minimum Gasteiger partial charge on any atom is -0.478 e. The highest BCUT2D eigenvalue weighted by atomic mass is 16.4. The van der Waals surface area contributed by atoms with E-state index in [0.717, 1.165) is 19.5 Å². The summed E-state index contributed by atoms with van der Waals surface area (Å²) in [6, 6.07) is 1.50. The van der Waals surface area contributed by atoms with Gasteiger partial charge in [0, 0.05) is 12.7 Å². The number of carboxylic acid groups (broad SMARTS) is 1. The van der Waals surface area contributed by atoms with Gasteiger partial charge in [0.1, 0.15) is 0 Å². The van der Waals surface area contributed by atoms with Crippen molar-refractivity contribution in [3.05, 3.63) is 24.0 Å². The molecule has 0 bridgehead atoms. The summed E-state index contributed by atoms with van der Waals surface area (Å²) in [6.07, 6.45) is 3.98. The predicted molar refractivity (Wildman–Crippen MR) is 62.9 cm³/mol. The number of nitrogens with one attached hydrogen (secondary N) is 1. The van der Waals surface area contributed by atoms with Gasteiger partial charge in [-0.2, -0.15) is 0 Å². The number of hydrogen-bond donors (Lipinski definition) is 2. The molecule has 1 rings (SSSR count). The van der Waals surface area contributed by atoms with Gasteiger partial charge in [-0.3, -0.25) is 4.98 Å². The van der Waals surface area contributed by atoms with Gasteiger partial charge in [0.2, 0.25) is 0 Å². The molecule has 0 saturated heterocycles. The van der Waals surface area contributed by atoms with Crippen LogP contribution in [0.25, 0.3) is 0 Å². The van der Waals surface area contributed by atoms with Crippen molar-refractivity contribution in [3.63, 3.8) is 0 Å². The zero-order valence-corrected chi connectivity index (χ0v) is 9.60. The molecule has 0 aromatic carbocycles. The maximum Gasteiger partial charge on any atom is 0.337 e. The second-order valence-electron chi connectivity index (χ2n) is 3.81. The van der Waals surface area contributed by atoms with E-state index >= 15 is 0 Å². The van der Waals surface area contributed by atoms with Gasteiger partial charge in [0.15, 0.2) is 0 Å². The van der Waals surface area contributed by atoms with E-state index in [1.807, 2.05) is 14.1 Å². The van der Waals surface area contributed by atoms with Crippen molar-refractivity contribution in [2.24, 2.45) is 0 Å². The Labute approximate surface area is 95.1 Å². The SMILES string of the molecule is CN(C)CCCNc1cnccc1C(=O)O. The Morgan fingerprint density at radius 3 is 2.94 bits per heavy atom. The van der Waals surface area contributed by atoms with E-state index in [1.54, 1.807) is 6.20 Å². The summed E-state index contributed by atoms with van der Waals surface area (Å²) >= 11 is 0. The first-order valence-corrected chi connectivity index (χ1v) is 5.17. The van der Waals surface area contributed by atoms with E-state index in [9.17, 15) is 4.79 Å². The third kappa shape index (κ3) is 3.86. The standard InChI is InChI=1S/C11H17N3O2/c1-14(2)7-3-5-13-10-8-12-6-4-9(10)11(15)16/h4,6,8,13H,3,5,7H2,1-2H3,(H,15,16). The average Bonchev–Trinajstić information content (AvgIpc) is 2.24. The lowest BCUT2D eigenvalue weighted by atomic mass is 10.2. The Bertz CT molecular complexity index is 353. The van der Waals surface area contributed by atoms with Gasteiger partial charge in [-0.25, -0.2) is 4.79 Å². The maximum atomic E-state index is 10.9. The Kier molecular flexibility index (Phi) is 4.72. The number of carbonyl (C=O) groups is 1.